The van der Waals surface area contributed by atoms with Gasteiger partial charge in [-0.3, -0.25) is 9.59 Å². The summed E-state index contributed by atoms with van der Waals surface area (Å²) >= 11 is 0. The fourth-order valence-electron chi connectivity index (χ4n) is 11.9. The molecule has 0 radical (unpaired) electrons. The Bertz CT molecular complexity index is 1100. The zero-order valence-corrected chi connectivity index (χ0v) is 26.2. The van der Waals surface area contributed by atoms with Crippen LogP contribution in [0, 0.1) is 56.7 Å². The first-order valence-corrected chi connectivity index (χ1v) is 15.8. The zero-order valence-electron chi connectivity index (χ0n) is 26.2. The van der Waals surface area contributed by atoms with Gasteiger partial charge in [0.05, 0.1) is 32.8 Å². The van der Waals surface area contributed by atoms with Crippen LogP contribution in [0.15, 0.2) is 11.6 Å². The fraction of sp³-hybridized carbons (Fsp3) is 0.882. The molecule has 5 fully saturated rings. The van der Waals surface area contributed by atoms with Gasteiger partial charge >= 0.3 is 5.97 Å². The van der Waals surface area contributed by atoms with Crippen molar-refractivity contribution in [3.63, 3.8) is 0 Å². The van der Waals surface area contributed by atoms with Crippen molar-refractivity contribution in [3.05, 3.63) is 11.6 Å². The van der Waals surface area contributed by atoms with Crippen molar-refractivity contribution < 1.29 is 28.5 Å². The number of hydrogen-bond donors (Lipinski definition) is 0. The molecule has 0 bridgehead atoms. The van der Waals surface area contributed by atoms with Crippen LogP contribution >= 0.6 is 0 Å². The molecule has 6 heteroatoms. The summed E-state index contributed by atoms with van der Waals surface area (Å²) in [6.07, 6.45) is 9.83. The highest BCUT2D eigenvalue weighted by molar-refractivity contribution is 5.95. The highest BCUT2D eigenvalue weighted by Crippen LogP contribution is 2.75. The molecule has 1 aliphatic heterocycles. The predicted molar refractivity (Wildman–Crippen MR) is 152 cm³/mol. The van der Waals surface area contributed by atoms with Crippen molar-refractivity contribution in [3.8, 4) is 0 Å². The maximum atomic E-state index is 14.5. The second kappa shape index (κ2) is 9.13. The number of allylic oxidation sites excluding steroid dienone is 2. The highest BCUT2D eigenvalue weighted by atomic mass is 16.7. The van der Waals surface area contributed by atoms with Crippen LogP contribution in [0.25, 0.3) is 0 Å². The first-order chi connectivity index (χ1) is 18.7. The zero-order chi connectivity index (χ0) is 28.9. The monoisotopic (exact) mass is 556 g/mol. The van der Waals surface area contributed by atoms with Gasteiger partial charge in [-0.05, 0) is 90.4 Å². The Kier molecular flexibility index (Phi) is 6.59. The molecule has 0 N–H and O–H groups in total. The van der Waals surface area contributed by atoms with E-state index in [0.29, 0.717) is 31.5 Å². The van der Waals surface area contributed by atoms with Gasteiger partial charge in [-0.25, -0.2) is 0 Å². The molecule has 1 spiro atoms. The fourth-order valence-corrected chi connectivity index (χ4v) is 11.9. The first-order valence-electron chi connectivity index (χ1n) is 15.8. The van der Waals surface area contributed by atoms with E-state index < -0.39 is 5.79 Å². The second-order valence-corrected chi connectivity index (χ2v) is 16.1. The van der Waals surface area contributed by atoms with Gasteiger partial charge in [0.1, 0.15) is 0 Å². The van der Waals surface area contributed by atoms with Crippen molar-refractivity contribution in [1.82, 2.24) is 0 Å². The molecule has 1 saturated heterocycles. The number of carbonyl (C=O) groups is 2. The van der Waals surface area contributed by atoms with Crippen LogP contribution in [-0.4, -0.2) is 51.6 Å². The van der Waals surface area contributed by atoms with Crippen LogP contribution in [0.4, 0.5) is 0 Å². The molecule has 6 rings (SSSR count). The SMILES string of the molecule is COC[C@@]1(C)[C@@H]2CC[C@]3(C)C(=CC(=O)[C@@H]4[C@@H]5CC(C)(C)C[C@@H](C(=O)OC)C5CC[C@]43C)[C@@]2(C)CCC12OCCO2. The van der Waals surface area contributed by atoms with Crippen LogP contribution in [0.5, 0.6) is 0 Å². The summed E-state index contributed by atoms with van der Waals surface area (Å²) in [6.45, 7) is 16.0. The van der Waals surface area contributed by atoms with E-state index in [1.807, 2.05) is 0 Å². The lowest BCUT2D eigenvalue weighted by atomic mass is 9.34. The maximum Gasteiger partial charge on any atom is 0.308 e. The van der Waals surface area contributed by atoms with Gasteiger partial charge in [0.2, 0.25) is 0 Å². The number of esters is 1. The van der Waals surface area contributed by atoms with Crippen LogP contribution in [0.2, 0.25) is 0 Å². The third kappa shape index (κ3) is 3.57. The van der Waals surface area contributed by atoms with E-state index in [2.05, 4.69) is 47.6 Å². The Morgan fingerprint density at radius 3 is 2.27 bits per heavy atom. The van der Waals surface area contributed by atoms with Gasteiger partial charge < -0.3 is 18.9 Å². The minimum absolute atomic E-state index is 0.00796. The van der Waals surface area contributed by atoms with E-state index >= 15 is 0 Å². The quantitative estimate of drug-likeness (QED) is 0.377. The number of rotatable bonds is 3. The lowest BCUT2D eigenvalue weighted by Crippen LogP contribution is -2.68. The van der Waals surface area contributed by atoms with E-state index in [1.54, 1.807) is 7.11 Å². The van der Waals surface area contributed by atoms with Crippen molar-refractivity contribution >= 4 is 11.8 Å². The molecular formula is C34H52O6. The van der Waals surface area contributed by atoms with Gasteiger partial charge in [-0.2, -0.15) is 0 Å². The minimum atomic E-state index is -0.610. The molecule has 1 heterocycles. The van der Waals surface area contributed by atoms with Crippen LogP contribution in [-0.2, 0) is 28.5 Å². The van der Waals surface area contributed by atoms with Crippen molar-refractivity contribution in [2.45, 2.75) is 98.7 Å². The molecule has 0 aromatic rings. The lowest BCUT2D eigenvalue weighted by molar-refractivity contribution is -0.303. The highest BCUT2D eigenvalue weighted by Gasteiger charge is 2.72. The molecule has 0 aromatic carbocycles. The van der Waals surface area contributed by atoms with Crippen molar-refractivity contribution in [1.29, 1.82) is 0 Å². The second-order valence-electron chi connectivity index (χ2n) is 16.1. The van der Waals surface area contributed by atoms with E-state index in [0.717, 1.165) is 51.4 Å². The summed E-state index contributed by atoms with van der Waals surface area (Å²) in [5.74, 6) is 0.183. The minimum Gasteiger partial charge on any atom is -0.469 e. The number of methoxy groups -OCH3 is 2. The van der Waals surface area contributed by atoms with Crippen molar-refractivity contribution in [2.75, 3.05) is 34.0 Å². The third-order valence-corrected chi connectivity index (χ3v) is 13.8. The Labute approximate surface area is 241 Å². The van der Waals surface area contributed by atoms with Crippen LogP contribution < -0.4 is 0 Å². The molecule has 40 heavy (non-hydrogen) atoms. The molecule has 0 aromatic heterocycles. The number of carbonyl (C=O) groups excluding carboxylic acids is 2. The Balaban J connectivity index is 1.43. The van der Waals surface area contributed by atoms with Crippen LogP contribution in [0.1, 0.15) is 92.9 Å². The van der Waals surface area contributed by atoms with Gasteiger partial charge in [0.15, 0.2) is 11.6 Å². The van der Waals surface area contributed by atoms with Crippen LogP contribution in [0.3, 0.4) is 0 Å². The van der Waals surface area contributed by atoms with Crippen molar-refractivity contribution in [2.24, 2.45) is 56.7 Å². The standard InChI is InChI=1S/C34H52O6/c1-29(2)18-22-21(23(19-29)28(36)38-8)9-11-32(5)27(22)24(35)17-26-30(3)13-14-34(39-15-16-40-34)33(6,20-37-7)25(30)10-12-31(26,32)4/h17,21-23,25,27H,9-16,18-20H2,1-8H3/t21?,22-,23-,25-,27+,30+,31-,32-,33+/m1/s1. The molecule has 1 unspecified atom stereocenters. The summed E-state index contributed by atoms with van der Waals surface area (Å²) < 4.78 is 24.0. The summed E-state index contributed by atoms with van der Waals surface area (Å²) in [5.41, 5.74) is 0.751. The summed E-state index contributed by atoms with van der Waals surface area (Å²) in [6, 6.07) is 0. The molecule has 224 valence electrons. The summed E-state index contributed by atoms with van der Waals surface area (Å²) in [5, 5.41) is 0. The molecule has 0 amide bonds. The van der Waals surface area contributed by atoms with Gasteiger partial charge in [0.25, 0.3) is 0 Å². The molecule has 9 atom stereocenters. The largest absolute Gasteiger partial charge is 0.469 e. The van der Waals surface area contributed by atoms with E-state index in [-0.39, 0.29) is 56.7 Å². The maximum absolute atomic E-state index is 14.5. The number of hydrogen-bond acceptors (Lipinski definition) is 6. The van der Waals surface area contributed by atoms with Gasteiger partial charge in [-0.15, -0.1) is 0 Å². The summed E-state index contributed by atoms with van der Waals surface area (Å²) in [4.78, 5) is 27.5. The molecular weight excluding hydrogens is 504 g/mol. The topological polar surface area (TPSA) is 71.1 Å². The Hall–Kier alpha value is -1.24. The average molecular weight is 557 g/mol. The third-order valence-electron chi connectivity index (χ3n) is 13.8. The predicted octanol–water partition coefficient (Wildman–Crippen LogP) is 6.37. The number of ketones is 1. The lowest BCUT2D eigenvalue weighted by Gasteiger charge is -2.70. The van der Waals surface area contributed by atoms with E-state index in [1.165, 1.54) is 12.7 Å². The van der Waals surface area contributed by atoms with Gasteiger partial charge in [0, 0.05) is 24.9 Å². The average Bonchev–Trinajstić information content (AvgIpc) is 3.37. The molecule has 5 aliphatic carbocycles. The molecule has 6 aliphatic rings. The normalized spacial score (nSPS) is 48.9. The smallest absolute Gasteiger partial charge is 0.308 e. The Morgan fingerprint density at radius 1 is 0.925 bits per heavy atom. The number of fused-ring (bicyclic) bond motifs is 7. The Morgan fingerprint density at radius 2 is 1.62 bits per heavy atom. The first kappa shape index (κ1) is 28.9. The molecule has 4 saturated carbocycles. The van der Waals surface area contributed by atoms with Gasteiger partial charge in [-0.1, -0.05) is 47.1 Å². The molecule has 6 nitrogen and oxygen atoms in total. The van der Waals surface area contributed by atoms with E-state index in [4.69, 9.17) is 18.9 Å². The summed E-state index contributed by atoms with van der Waals surface area (Å²) in [7, 11) is 3.30. The van der Waals surface area contributed by atoms with E-state index in [9.17, 15) is 9.59 Å². The number of ether oxygens (including phenoxy) is 4.